The molecule has 2 aromatic carbocycles. The van der Waals surface area contributed by atoms with Gasteiger partial charge in [0.15, 0.2) is 5.65 Å². The second kappa shape index (κ2) is 10.3. The minimum Gasteiger partial charge on any atom is -0.492 e. The second-order valence-electron chi connectivity index (χ2n) is 9.50. The molecule has 1 aliphatic heterocycles. The van der Waals surface area contributed by atoms with E-state index in [2.05, 4.69) is 15.0 Å². The van der Waals surface area contributed by atoms with Crippen molar-refractivity contribution in [2.24, 2.45) is 5.73 Å². The number of aromatic nitrogens is 3. The molecule has 3 heterocycles. The summed E-state index contributed by atoms with van der Waals surface area (Å²) in [6, 6.07) is 13.5. The van der Waals surface area contributed by atoms with Gasteiger partial charge in [-0.2, -0.15) is 5.10 Å². The van der Waals surface area contributed by atoms with Gasteiger partial charge in [0.05, 0.1) is 12.2 Å². The minimum absolute atomic E-state index is 0.370. The van der Waals surface area contributed by atoms with Crippen LogP contribution in [0.4, 0.5) is 8.78 Å². The number of hydrogen-bond acceptors (Lipinski definition) is 5. The van der Waals surface area contributed by atoms with E-state index in [4.69, 9.17) is 10.5 Å². The summed E-state index contributed by atoms with van der Waals surface area (Å²) in [5.41, 5.74) is 10.2. The van der Waals surface area contributed by atoms with E-state index in [1.807, 2.05) is 36.5 Å². The van der Waals surface area contributed by atoms with E-state index in [0.29, 0.717) is 17.8 Å². The maximum atomic E-state index is 13.7. The molecule has 0 saturated carbocycles. The minimum atomic E-state index is -3.01. The number of hydrogen-bond donors (Lipinski definition) is 1. The summed E-state index contributed by atoms with van der Waals surface area (Å²) in [6.07, 6.45) is 9.30. The van der Waals surface area contributed by atoms with Crippen molar-refractivity contribution in [2.45, 2.75) is 38.2 Å². The zero-order valence-corrected chi connectivity index (χ0v) is 20.4. The van der Waals surface area contributed by atoms with Crippen LogP contribution in [0, 0.1) is 0 Å². The van der Waals surface area contributed by atoms with Crippen molar-refractivity contribution < 1.29 is 13.5 Å². The molecule has 8 heteroatoms. The third-order valence-corrected chi connectivity index (χ3v) is 6.77. The Hall–Kier alpha value is -3.36. The lowest BCUT2D eigenvalue weighted by Crippen LogP contribution is -2.33. The van der Waals surface area contributed by atoms with Crippen molar-refractivity contribution in [1.82, 2.24) is 19.5 Å². The van der Waals surface area contributed by atoms with Crippen LogP contribution in [0.1, 0.15) is 37.8 Å². The van der Waals surface area contributed by atoms with Gasteiger partial charge < -0.3 is 10.5 Å². The van der Waals surface area contributed by atoms with Crippen molar-refractivity contribution in [1.29, 1.82) is 0 Å². The predicted molar refractivity (Wildman–Crippen MR) is 137 cm³/mol. The van der Waals surface area contributed by atoms with Crippen molar-refractivity contribution in [2.75, 3.05) is 26.2 Å². The quantitative estimate of drug-likeness (QED) is 0.348. The molecule has 1 aliphatic rings. The molecule has 0 radical (unpaired) electrons. The van der Waals surface area contributed by atoms with E-state index < -0.39 is 12.0 Å². The molecule has 0 amide bonds. The number of likely N-dealkylation sites (tertiary alicyclic amines) is 1. The van der Waals surface area contributed by atoms with Gasteiger partial charge in [-0.25, -0.2) is 18.3 Å². The zero-order valence-electron chi connectivity index (χ0n) is 20.4. The monoisotopic (exact) mass is 491 g/mol. The molecule has 1 saturated heterocycles. The normalized spacial score (nSPS) is 15.8. The summed E-state index contributed by atoms with van der Waals surface area (Å²) in [5, 5.41) is 4.45. The summed E-state index contributed by atoms with van der Waals surface area (Å²) in [4.78, 5) is 7.08. The maximum absolute atomic E-state index is 13.7. The smallest absolute Gasteiger partial charge is 0.264 e. The number of piperidine rings is 1. The average Bonchev–Trinajstić information content (AvgIpc) is 3.32. The highest BCUT2D eigenvalue weighted by Crippen LogP contribution is 2.32. The third kappa shape index (κ3) is 5.39. The van der Waals surface area contributed by atoms with Gasteiger partial charge in [-0.3, -0.25) is 4.90 Å². The molecule has 6 nitrogen and oxygen atoms in total. The maximum Gasteiger partial charge on any atom is 0.264 e. The zero-order chi connectivity index (χ0) is 25.1. The Balaban J connectivity index is 1.29. The van der Waals surface area contributed by atoms with Gasteiger partial charge in [-0.15, -0.1) is 0 Å². The van der Waals surface area contributed by atoms with E-state index in [0.717, 1.165) is 41.5 Å². The summed E-state index contributed by atoms with van der Waals surface area (Å²) >= 11 is 0. The van der Waals surface area contributed by atoms with Crippen LogP contribution in [0.5, 0.6) is 5.75 Å². The standard InChI is InChI=1S/C28H31F2N5O/c1-28(29,30)26(31)22-7-5-6-21(16-22)25-18-33-35-19-23(17-32-27(25)35)20-8-10-24(11-9-20)36-15-14-34-12-3-2-4-13-34/h5-11,16-19,26H,2-4,12-15,31H2,1H3. The summed E-state index contributed by atoms with van der Waals surface area (Å²) < 4.78 is 35.1. The number of fused-ring (bicyclic) bond motifs is 1. The number of benzene rings is 2. The van der Waals surface area contributed by atoms with E-state index >= 15 is 0 Å². The fourth-order valence-electron chi connectivity index (χ4n) is 4.64. The van der Waals surface area contributed by atoms with Gasteiger partial charge in [-0.1, -0.05) is 36.8 Å². The Morgan fingerprint density at radius 3 is 2.53 bits per heavy atom. The Morgan fingerprint density at radius 2 is 1.78 bits per heavy atom. The fraction of sp³-hybridized carbons (Fsp3) is 0.357. The van der Waals surface area contributed by atoms with E-state index in [9.17, 15) is 8.78 Å². The van der Waals surface area contributed by atoms with Crippen LogP contribution in [-0.4, -0.2) is 51.7 Å². The van der Waals surface area contributed by atoms with Gasteiger partial charge >= 0.3 is 0 Å². The average molecular weight is 492 g/mol. The fourth-order valence-corrected chi connectivity index (χ4v) is 4.64. The van der Waals surface area contributed by atoms with Crippen molar-refractivity contribution in [3.05, 3.63) is 72.7 Å². The van der Waals surface area contributed by atoms with Crippen LogP contribution in [0.3, 0.4) is 0 Å². The number of nitrogens with zero attached hydrogens (tertiary/aromatic N) is 4. The molecule has 2 N–H and O–H groups in total. The highest BCUT2D eigenvalue weighted by Gasteiger charge is 2.32. The SMILES string of the molecule is CC(F)(F)C(N)c1cccc(-c2cnn3cc(-c4ccc(OCCN5CCCCC5)cc4)cnc23)c1. The molecule has 0 spiro atoms. The van der Waals surface area contributed by atoms with Crippen LogP contribution in [0.2, 0.25) is 0 Å². The Bertz CT molecular complexity index is 1310. The lowest BCUT2D eigenvalue weighted by Gasteiger charge is -2.26. The molecule has 4 aromatic rings. The molecule has 1 fully saturated rings. The molecule has 36 heavy (non-hydrogen) atoms. The summed E-state index contributed by atoms with van der Waals surface area (Å²) in [5.74, 6) is -2.16. The van der Waals surface area contributed by atoms with Crippen LogP contribution in [0.15, 0.2) is 67.1 Å². The topological polar surface area (TPSA) is 68.7 Å². The molecular formula is C28H31F2N5O. The Kier molecular flexibility index (Phi) is 6.98. The first-order valence-corrected chi connectivity index (χ1v) is 12.4. The Morgan fingerprint density at radius 1 is 1.00 bits per heavy atom. The number of rotatable bonds is 8. The molecule has 2 aromatic heterocycles. The van der Waals surface area contributed by atoms with Crippen LogP contribution in [0.25, 0.3) is 27.9 Å². The van der Waals surface area contributed by atoms with Crippen LogP contribution >= 0.6 is 0 Å². The molecule has 0 bridgehead atoms. The molecule has 1 atom stereocenters. The van der Waals surface area contributed by atoms with E-state index in [-0.39, 0.29) is 0 Å². The summed E-state index contributed by atoms with van der Waals surface area (Å²) in [7, 11) is 0. The largest absolute Gasteiger partial charge is 0.492 e. The number of ether oxygens (including phenoxy) is 1. The first-order chi connectivity index (χ1) is 17.4. The highest BCUT2D eigenvalue weighted by atomic mass is 19.3. The Labute approximate surface area is 209 Å². The molecular weight excluding hydrogens is 460 g/mol. The lowest BCUT2D eigenvalue weighted by molar-refractivity contribution is -0.00617. The van der Waals surface area contributed by atoms with E-state index in [1.54, 1.807) is 35.1 Å². The molecule has 1 unspecified atom stereocenters. The number of alkyl halides is 2. The highest BCUT2D eigenvalue weighted by molar-refractivity contribution is 5.78. The lowest BCUT2D eigenvalue weighted by atomic mass is 9.98. The van der Waals surface area contributed by atoms with Crippen LogP contribution in [-0.2, 0) is 0 Å². The van der Waals surface area contributed by atoms with Gasteiger partial charge in [0.1, 0.15) is 12.4 Å². The van der Waals surface area contributed by atoms with E-state index in [1.165, 1.54) is 32.4 Å². The molecule has 188 valence electrons. The van der Waals surface area contributed by atoms with Gasteiger partial charge in [0, 0.05) is 37.0 Å². The molecule has 0 aliphatic carbocycles. The van der Waals surface area contributed by atoms with Gasteiger partial charge in [0.25, 0.3) is 5.92 Å². The van der Waals surface area contributed by atoms with Gasteiger partial charge in [-0.05, 0) is 60.8 Å². The third-order valence-electron chi connectivity index (χ3n) is 6.77. The van der Waals surface area contributed by atoms with Crippen molar-refractivity contribution >= 4 is 5.65 Å². The predicted octanol–water partition coefficient (Wildman–Crippen LogP) is 5.58. The second-order valence-corrected chi connectivity index (χ2v) is 9.50. The van der Waals surface area contributed by atoms with Crippen LogP contribution < -0.4 is 10.5 Å². The summed E-state index contributed by atoms with van der Waals surface area (Å²) in [6.45, 7) is 4.81. The number of halogens is 2. The first-order valence-electron chi connectivity index (χ1n) is 12.4. The van der Waals surface area contributed by atoms with Crippen molar-refractivity contribution in [3.63, 3.8) is 0 Å². The molecule has 5 rings (SSSR count). The first kappa shape index (κ1) is 24.3. The van der Waals surface area contributed by atoms with Gasteiger partial charge in [0.2, 0.25) is 0 Å². The van der Waals surface area contributed by atoms with Crippen molar-refractivity contribution in [3.8, 4) is 28.0 Å². The number of nitrogens with two attached hydrogens (primary N) is 1.